The van der Waals surface area contributed by atoms with Gasteiger partial charge in [-0.25, -0.2) is 8.42 Å². The molecule has 0 aliphatic rings. The van der Waals surface area contributed by atoms with Gasteiger partial charge in [-0.05, 0) is 18.6 Å². The highest BCUT2D eigenvalue weighted by Gasteiger charge is 2.23. The van der Waals surface area contributed by atoms with E-state index in [0.717, 1.165) is 6.07 Å². The van der Waals surface area contributed by atoms with Crippen molar-refractivity contribution in [3.8, 4) is 0 Å². The van der Waals surface area contributed by atoms with Crippen LogP contribution in [0.25, 0.3) is 0 Å². The van der Waals surface area contributed by atoms with Crippen LogP contribution >= 0.6 is 0 Å². The fourth-order valence-electron chi connectivity index (χ4n) is 1.66. The van der Waals surface area contributed by atoms with E-state index in [1.165, 1.54) is 25.4 Å². The molecule has 0 amide bonds. The Bertz CT molecular complexity index is 754. The minimum Gasteiger partial charge on any atom is -0.393 e. The number of aryl methyl sites for hydroxylation is 1. The molecular formula is C10H11N5O4S. The van der Waals surface area contributed by atoms with Gasteiger partial charge < -0.3 is 5.73 Å². The summed E-state index contributed by atoms with van der Waals surface area (Å²) in [7, 11) is -3.96. The third kappa shape index (κ3) is 2.54. The average molecular weight is 297 g/mol. The molecule has 0 aliphatic carbocycles. The Morgan fingerprint density at radius 1 is 1.45 bits per heavy atom. The summed E-state index contributed by atoms with van der Waals surface area (Å²) < 4.78 is 26.6. The number of sulfonamides is 1. The molecule has 0 fully saturated rings. The summed E-state index contributed by atoms with van der Waals surface area (Å²) in [6.45, 7) is 1.50. The van der Waals surface area contributed by atoms with Gasteiger partial charge in [0.15, 0.2) is 0 Å². The average Bonchev–Trinajstić information content (AvgIpc) is 2.79. The number of nitro benzene ring substituents is 1. The topological polar surface area (TPSA) is 144 Å². The van der Waals surface area contributed by atoms with Gasteiger partial charge in [0, 0.05) is 12.3 Å². The van der Waals surface area contributed by atoms with E-state index in [1.807, 2.05) is 0 Å². The van der Waals surface area contributed by atoms with Crippen molar-refractivity contribution in [3.05, 3.63) is 40.2 Å². The second-order valence-corrected chi connectivity index (χ2v) is 5.68. The van der Waals surface area contributed by atoms with Crippen molar-refractivity contribution in [1.29, 1.82) is 0 Å². The number of aromatic amines is 1. The number of benzene rings is 1. The molecule has 0 radical (unpaired) electrons. The van der Waals surface area contributed by atoms with Gasteiger partial charge in [0.1, 0.15) is 5.69 Å². The summed E-state index contributed by atoms with van der Waals surface area (Å²) in [5, 5.41) is 16.9. The quantitative estimate of drug-likeness (QED) is 0.436. The smallest absolute Gasteiger partial charge is 0.293 e. The molecule has 2 rings (SSSR count). The van der Waals surface area contributed by atoms with Gasteiger partial charge in [0.2, 0.25) is 0 Å². The normalized spacial score (nSPS) is 11.2. The Morgan fingerprint density at radius 3 is 2.70 bits per heavy atom. The molecule has 0 aliphatic heterocycles. The molecule has 1 aromatic carbocycles. The maximum atomic E-state index is 12.2. The Morgan fingerprint density at radius 2 is 2.15 bits per heavy atom. The zero-order valence-electron chi connectivity index (χ0n) is 10.3. The molecule has 0 spiro atoms. The zero-order chi connectivity index (χ0) is 14.9. The SMILES string of the molecule is Cc1cc(N)c([N+](=O)[O-])cc1S(=O)(=O)Nc1cn[nH]c1. The van der Waals surface area contributed by atoms with E-state index in [2.05, 4.69) is 14.9 Å². The molecule has 4 N–H and O–H groups in total. The largest absolute Gasteiger partial charge is 0.393 e. The van der Waals surface area contributed by atoms with Gasteiger partial charge in [-0.1, -0.05) is 0 Å². The molecule has 9 nitrogen and oxygen atoms in total. The number of aromatic nitrogens is 2. The van der Waals surface area contributed by atoms with E-state index in [4.69, 9.17) is 5.73 Å². The first-order valence-corrected chi connectivity index (χ1v) is 6.85. The number of nitrogens with zero attached hydrogens (tertiary/aromatic N) is 2. The number of rotatable bonds is 4. The summed E-state index contributed by atoms with van der Waals surface area (Å²) in [6.07, 6.45) is 2.62. The van der Waals surface area contributed by atoms with Crippen molar-refractivity contribution in [3.63, 3.8) is 0 Å². The lowest BCUT2D eigenvalue weighted by atomic mass is 10.2. The zero-order valence-corrected chi connectivity index (χ0v) is 11.1. The van der Waals surface area contributed by atoms with E-state index >= 15 is 0 Å². The molecule has 1 heterocycles. The fraction of sp³-hybridized carbons (Fsp3) is 0.100. The molecule has 2 aromatic rings. The fourth-order valence-corrected chi connectivity index (χ4v) is 2.95. The van der Waals surface area contributed by atoms with E-state index in [0.29, 0.717) is 5.56 Å². The van der Waals surface area contributed by atoms with Crippen LogP contribution in [0, 0.1) is 17.0 Å². The van der Waals surface area contributed by atoms with Crippen LogP contribution in [0.3, 0.4) is 0 Å². The van der Waals surface area contributed by atoms with Crippen molar-refractivity contribution in [1.82, 2.24) is 10.2 Å². The highest BCUT2D eigenvalue weighted by molar-refractivity contribution is 7.92. The molecule has 0 bridgehead atoms. The minimum atomic E-state index is -3.96. The molecule has 0 unspecified atom stereocenters. The predicted octanol–water partition coefficient (Wildman–Crippen LogP) is 1.01. The van der Waals surface area contributed by atoms with Gasteiger partial charge >= 0.3 is 0 Å². The minimum absolute atomic E-state index is 0.0882. The highest BCUT2D eigenvalue weighted by Crippen LogP contribution is 2.29. The lowest BCUT2D eigenvalue weighted by Crippen LogP contribution is -2.14. The van der Waals surface area contributed by atoms with E-state index < -0.39 is 20.6 Å². The molecule has 0 saturated carbocycles. The third-order valence-corrected chi connectivity index (χ3v) is 4.08. The van der Waals surface area contributed by atoms with Crippen molar-refractivity contribution in [2.45, 2.75) is 11.8 Å². The number of H-pyrrole nitrogens is 1. The second-order valence-electron chi connectivity index (χ2n) is 4.03. The highest BCUT2D eigenvalue weighted by atomic mass is 32.2. The summed E-state index contributed by atoms with van der Waals surface area (Å²) in [6, 6.07) is 2.19. The number of nitro groups is 1. The number of anilines is 2. The van der Waals surface area contributed by atoms with Crippen molar-refractivity contribution < 1.29 is 13.3 Å². The first-order chi connectivity index (χ1) is 9.31. The summed E-state index contributed by atoms with van der Waals surface area (Å²) >= 11 is 0. The number of nitrogens with one attached hydrogen (secondary N) is 2. The monoisotopic (exact) mass is 297 g/mol. The van der Waals surface area contributed by atoms with Crippen LogP contribution in [0.4, 0.5) is 17.1 Å². The Balaban J connectivity index is 2.51. The summed E-state index contributed by atoms with van der Waals surface area (Å²) in [5.41, 5.74) is 5.49. The van der Waals surface area contributed by atoms with Crippen LogP contribution in [0.5, 0.6) is 0 Å². The summed E-state index contributed by atoms with van der Waals surface area (Å²) in [4.78, 5) is 9.89. The van der Waals surface area contributed by atoms with Crippen LogP contribution in [-0.4, -0.2) is 23.5 Å². The van der Waals surface area contributed by atoms with Crippen LogP contribution < -0.4 is 10.5 Å². The molecule has 1 aromatic heterocycles. The molecule has 0 saturated heterocycles. The van der Waals surface area contributed by atoms with Gasteiger partial charge in [0.05, 0.1) is 21.7 Å². The van der Waals surface area contributed by atoms with E-state index in [-0.39, 0.29) is 16.3 Å². The predicted molar refractivity (Wildman–Crippen MR) is 71.6 cm³/mol. The van der Waals surface area contributed by atoms with Crippen LogP contribution in [0.15, 0.2) is 29.4 Å². The lowest BCUT2D eigenvalue weighted by Gasteiger charge is -2.09. The maximum Gasteiger partial charge on any atom is 0.293 e. The Hall–Kier alpha value is -2.62. The number of nitrogen functional groups attached to an aromatic ring is 1. The third-order valence-electron chi connectivity index (χ3n) is 2.56. The Kier molecular flexibility index (Phi) is 3.32. The Labute approximate surface area is 114 Å². The molecule has 10 heteroatoms. The standard InChI is InChI=1S/C10H11N5O4S/c1-6-2-8(11)9(15(16)17)3-10(6)20(18,19)14-7-4-12-13-5-7/h2-5,14H,11H2,1H3,(H,12,13). The number of hydrogen-bond donors (Lipinski definition) is 3. The van der Waals surface area contributed by atoms with E-state index in [1.54, 1.807) is 0 Å². The number of hydrogen-bond acceptors (Lipinski definition) is 6. The molecule has 106 valence electrons. The first-order valence-electron chi connectivity index (χ1n) is 5.37. The molecular weight excluding hydrogens is 286 g/mol. The first kappa shape index (κ1) is 13.8. The van der Waals surface area contributed by atoms with E-state index in [9.17, 15) is 18.5 Å². The van der Waals surface area contributed by atoms with Crippen LogP contribution in [-0.2, 0) is 10.0 Å². The van der Waals surface area contributed by atoms with Crippen molar-refractivity contribution >= 4 is 27.1 Å². The summed E-state index contributed by atoms with van der Waals surface area (Å²) in [5.74, 6) is 0. The lowest BCUT2D eigenvalue weighted by molar-refractivity contribution is -0.384. The van der Waals surface area contributed by atoms with Crippen molar-refractivity contribution in [2.75, 3.05) is 10.5 Å². The van der Waals surface area contributed by atoms with Crippen molar-refractivity contribution in [2.24, 2.45) is 0 Å². The van der Waals surface area contributed by atoms with Gasteiger partial charge in [-0.3, -0.25) is 19.9 Å². The van der Waals surface area contributed by atoms with Gasteiger partial charge in [-0.15, -0.1) is 0 Å². The molecule has 20 heavy (non-hydrogen) atoms. The van der Waals surface area contributed by atoms with Crippen LogP contribution in [0.2, 0.25) is 0 Å². The van der Waals surface area contributed by atoms with Gasteiger partial charge in [0.25, 0.3) is 15.7 Å². The maximum absolute atomic E-state index is 12.2. The second kappa shape index (κ2) is 4.81. The molecule has 0 atom stereocenters. The van der Waals surface area contributed by atoms with Crippen LogP contribution in [0.1, 0.15) is 5.56 Å². The van der Waals surface area contributed by atoms with Gasteiger partial charge in [-0.2, -0.15) is 5.10 Å². The number of nitrogens with two attached hydrogens (primary N) is 1.